The predicted octanol–water partition coefficient (Wildman–Crippen LogP) is 5.07. The highest BCUT2D eigenvalue weighted by atomic mass is 35.5. The number of para-hydroxylation sites is 1. The first-order valence-electron chi connectivity index (χ1n) is 10.0. The van der Waals surface area contributed by atoms with Gasteiger partial charge in [0.2, 0.25) is 0 Å². The molecule has 0 spiro atoms. The van der Waals surface area contributed by atoms with Gasteiger partial charge in [-0.2, -0.15) is 0 Å². The van der Waals surface area contributed by atoms with Crippen LogP contribution >= 0.6 is 11.6 Å². The number of anilines is 2. The third kappa shape index (κ3) is 5.68. The zero-order valence-electron chi connectivity index (χ0n) is 18.4. The van der Waals surface area contributed by atoms with Crippen molar-refractivity contribution in [3.05, 3.63) is 87.9 Å². The van der Waals surface area contributed by atoms with Gasteiger partial charge in [0.15, 0.2) is 0 Å². The first-order valence-corrected chi connectivity index (χ1v) is 11.9. The maximum Gasteiger partial charge on any atom is 0.261 e. The first-order chi connectivity index (χ1) is 15.1. The van der Waals surface area contributed by atoms with Crippen molar-refractivity contribution >= 4 is 38.9 Å². The van der Waals surface area contributed by atoms with Gasteiger partial charge < -0.3 is 10.2 Å². The van der Waals surface area contributed by atoms with E-state index in [9.17, 15) is 13.2 Å². The Morgan fingerprint density at radius 3 is 2.38 bits per heavy atom. The molecule has 0 saturated carbocycles. The Kier molecular flexibility index (Phi) is 7.23. The fourth-order valence-corrected chi connectivity index (χ4v) is 4.45. The number of nitrogens with one attached hydrogen (secondary N) is 2. The van der Waals surface area contributed by atoms with Crippen molar-refractivity contribution in [3.63, 3.8) is 0 Å². The van der Waals surface area contributed by atoms with Gasteiger partial charge in [-0.25, -0.2) is 8.42 Å². The lowest BCUT2D eigenvalue weighted by atomic mass is 10.1. The molecule has 0 radical (unpaired) electrons. The molecule has 0 aromatic heterocycles. The normalized spacial score (nSPS) is 11.4. The number of hydrogen-bond acceptors (Lipinski definition) is 4. The van der Waals surface area contributed by atoms with Gasteiger partial charge in [-0.15, -0.1) is 0 Å². The summed E-state index contributed by atoms with van der Waals surface area (Å²) in [7, 11) is -0.0343. The summed E-state index contributed by atoms with van der Waals surface area (Å²) in [5.41, 5.74) is 4.14. The fourth-order valence-electron chi connectivity index (χ4n) is 3.17. The number of aryl methyl sites for hydroxylation is 2. The summed E-state index contributed by atoms with van der Waals surface area (Å²) >= 11 is 6.25. The van der Waals surface area contributed by atoms with Crippen LogP contribution in [0, 0.1) is 13.8 Å². The van der Waals surface area contributed by atoms with Gasteiger partial charge in [-0.1, -0.05) is 35.9 Å². The Morgan fingerprint density at radius 2 is 1.69 bits per heavy atom. The van der Waals surface area contributed by atoms with Crippen LogP contribution in [0.1, 0.15) is 27.0 Å². The molecule has 3 rings (SSSR count). The van der Waals surface area contributed by atoms with Crippen LogP contribution in [0.5, 0.6) is 0 Å². The molecule has 0 atom stereocenters. The molecular formula is C24H26ClN3O3S. The molecule has 32 heavy (non-hydrogen) atoms. The lowest BCUT2D eigenvalue weighted by Crippen LogP contribution is -2.18. The van der Waals surface area contributed by atoms with Crippen LogP contribution in [0.4, 0.5) is 11.4 Å². The SMILES string of the molecule is Cc1ccc(NS(=O)(=O)c2ccc(Cl)c(C(=O)Nc3ccccc3CN(C)C)c2)cc1C. The molecule has 0 aliphatic heterocycles. The topological polar surface area (TPSA) is 78.5 Å². The Balaban J connectivity index is 1.88. The monoisotopic (exact) mass is 471 g/mol. The molecule has 0 aliphatic rings. The van der Waals surface area contributed by atoms with Crippen LogP contribution in [0.15, 0.2) is 65.6 Å². The largest absolute Gasteiger partial charge is 0.322 e. The molecule has 2 N–H and O–H groups in total. The molecule has 3 aromatic carbocycles. The molecular weight excluding hydrogens is 446 g/mol. The number of carbonyl (C=O) groups is 1. The standard InChI is InChI=1S/C24H26ClN3O3S/c1-16-9-10-19(13-17(16)2)27-32(30,31)20-11-12-22(25)21(14-20)24(29)26-23-8-6-5-7-18(23)15-28(3)4/h5-14,27H,15H2,1-4H3,(H,26,29). The quantitative estimate of drug-likeness (QED) is 0.504. The van der Waals surface area contributed by atoms with Gasteiger partial charge in [-0.3, -0.25) is 9.52 Å². The summed E-state index contributed by atoms with van der Waals surface area (Å²) in [6.07, 6.45) is 0. The minimum atomic E-state index is -3.91. The highest BCUT2D eigenvalue weighted by Gasteiger charge is 2.20. The van der Waals surface area contributed by atoms with Crippen LogP contribution in [0.2, 0.25) is 5.02 Å². The van der Waals surface area contributed by atoms with E-state index in [1.165, 1.54) is 18.2 Å². The minimum absolute atomic E-state index is 0.0492. The van der Waals surface area contributed by atoms with E-state index in [4.69, 9.17) is 11.6 Å². The van der Waals surface area contributed by atoms with Gasteiger partial charge in [0.1, 0.15) is 0 Å². The molecule has 0 fully saturated rings. The number of carbonyl (C=O) groups excluding carboxylic acids is 1. The summed E-state index contributed by atoms with van der Waals surface area (Å²) in [4.78, 5) is 14.9. The predicted molar refractivity (Wildman–Crippen MR) is 130 cm³/mol. The number of nitrogens with zero attached hydrogens (tertiary/aromatic N) is 1. The van der Waals surface area contributed by atoms with Crippen LogP contribution in [0.25, 0.3) is 0 Å². The van der Waals surface area contributed by atoms with Gasteiger partial charge in [0.05, 0.1) is 15.5 Å². The molecule has 0 aliphatic carbocycles. The van der Waals surface area contributed by atoms with E-state index in [0.717, 1.165) is 16.7 Å². The average Bonchev–Trinajstić information content (AvgIpc) is 2.71. The molecule has 0 heterocycles. The number of rotatable bonds is 7. The van der Waals surface area contributed by atoms with Crippen LogP contribution in [-0.4, -0.2) is 33.3 Å². The lowest BCUT2D eigenvalue weighted by molar-refractivity contribution is 0.102. The molecule has 0 saturated heterocycles. The second-order valence-electron chi connectivity index (χ2n) is 7.90. The molecule has 3 aromatic rings. The Labute approximate surface area is 194 Å². The highest BCUT2D eigenvalue weighted by molar-refractivity contribution is 7.92. The summed E-state index contributed by atoms with van der Waals surface area (Å²) in [6, 6.07) is 16.8. The second kappa shape index (κ2) is 9.73. The summed E-state index contributed by atoms with van der Waals surface area (Å²) in [5, 5.41) is 3.01. The molecule has 1 amide bonds. The van der Waals surface area contributed by atoms with Crippen molar-refractivity contribution < 1.29 is 13.2 Å². The van der Waals surface area contributed by atoms with Gasteiger partial charge >= 0.3 is 0 Å². The summed E-state index contributed by atoms with van der Waals surface area (Å²) in [5.74, 6) is -0.482. The second-order valence-corrected chi connectivity index (χ2v) is 9.98. The minimum Gasteiger partial charge on any atom is -0.322 e. The summed E-state index contributed by atoms with van der Waals surface area (Å²) in [6.45, 7) is 4.50. The smallest absolute Gasteiger partial charge is 0.261 e. The Morgan fingerprint density at radius 1 is 0.969 bits per heavy atom. The Hall–Kier alpha value is -2.87. The van der Waals surface area contributed by atoms with Gasteiger partial charge in [0, 0.05) is 17.9 Å². The third-order valence-corrected chi connectivity index (χ3v) is 6.71. The zero-order valence-corrected chi connectivity index (χ0v) is 20.0. The molecule has 0 unspecified atom stereocenters. The van der Waals surface area contributed by atoms with E-state index in [1.807, 2.05) is 57.1 Å². The third-order valence-electron chi connectivity index (χ3n) is 5.00. The number of hydrogen-bond donors (Lipinski definition) is 2. The van der Waals surface area contributed by atoms with E-state index >= 15 is 0 Å². The van der Waals surface area contributed by atoms with E-state index in [0.29, 0.717) is 17.9 Å². The van der Waals surface area contributed by atoms with Crippen molar-refractivity contribution in [3.8, 4) is 0 Å². The van der Waals surface area contributed by atoms with Crippen molar-refractivity contribution in [1.29, 1.82) is 0 Å². The maximum atomic E-state index is 13.0. The van der Waals surface area contributed by atoms with Gasteiger partial charge in [-0.05, 0) is 81.0 Å². The van der Waals surface area contributed by atoms with Crippen molar-refractivity contribution in [2.45, 2.75) is 25.3 Å². The van der Waals surface area contributed by atoms with Crippen molar-refractivity contribution in [1.82, 2.24) is 4.90 Å². The van der Waals surface area contributed by atoms with E-state index in [1.54, 1.807) is 18.2 Å². The number of amides is 1. The van der Waals surface area contributed by atoms with Crippen molar-refractivity contribution in [2.24, 2.45) is 0 Å². The van der Waals surface area contributed by atoms with Crippen LogP contribution in [0.3, 0.4) is 0 Å². The first kappa shape index (κ1) is 23.8. The molecule has 168 valence electrons. The molecule has 8 heteroatoms. The average molecular weight is 472 g/mol. The fraction of sp³-hybridized carbons (Fsp3) is 0.208. The van der Waals surface area contributed by atoms with Gasteiger partial charge in [0.25, 0.3) is 15.9 Å². The zero-order chi connectivity index (χ0) is 23.5. The Bertz CT molecular complexity index is 1260. The number of sulfonamides is 1. The highest BCUT2D eigenvalue weighted by Crippen LogP contribution is 2.25. The van der Waals surface area contributed by atoms with E-state index < -0.39 is 15.9 Å². The number of benzene rings is 3. The van der Waals surface area contributed by atoms with E-state index in [-0.39, 0.29) is 15.5 Å². The van der Waals surface area contributed by atoms with Crippen LogP contribution < -0.4 is 10.0 Å². The van der Waals surface area contributed by atoms with E-state index in [2.05, 4.69) is 10.0 Å². The van der Waals surface area contributed by atoms with Crippen LogP contribution in [-0.2, 0) is 16.6 Å². The summed E-state index contributed by atoms with van der Waals surface area (Å²) < 4.78 is 28.4. The molecule has 0 bridgehead atoms. The number of halogens is 1. The lowest BCUT2D eigenvalue weighted by Gasteiger charge is -2.16. The maximum absolute atomic E-state index is 13.0. The molecule has 6 nitrogen and oxygen atoms in total. The van der Waals surface area contributed by atoms with Crippen molar-refractivity contribution in [2.75, 3.05) is 24.1 Å².